The van der Waals surface area contributed by atoms with Gasteiger partial charge in [-0.05, 0) is 59.3 Å². The Hall–Kier alpha value is -0.530. The Kier molecular flexibility index (Phi) is 5.03. The van der Waals surface area contributed by atoms with Gasteiger partial charge in [0.15, 0.2) is 0 Å². The van der Waals surface area contributed by atoms with E-state index in [1.54, 1.807) is 0 Å². The lowest BCUT2D eigenvalue weighted by Crippen LogP contribution is -2.40. The largest absolute Gasteiger partial charge is 0.459 e. The molecule has 0 aromatic heterocycles. The molecule has 0 N–H and O–H groups in total. The SMILES string of the molecule is CCCCC1(OC(=O)C(C)(C)C)CCCCC1. The molecule has 0 aromatic carbocycles. The van der Waals surface area contributed by atoms with Gasteiger partial charge in [-0.25, -0.2) is 0 Å². The molecule has 100 valence electrons. The van der Waals surface area contributed by atoms with Gasteiger partial charge in [0.25, 0.3) is 0 Å². The molecule has 2 heteroatoms. The summed E-state index contributed by atoms with van der Waals surface area (Å²) in [6, 6.07) is 0. The highest BCUT2D eigenvalue weighted by atomic mass is 16.6. The average molecular weight is 240 g/mol. The molecule has 1 saturated carbocycles. The van der Waals surface area contributed by atoms with Gasteiger partial charge in [-0.2, -0.15) is 0 Å². The molecule has 17 heavy (non-hydrogen) atoms. The lowest BCUT2D eigenvalue weighted by atomic mass is 9.80. The Bertz CT molecular complexity index is 244. The number of rotatable bonds is 4. The van der Waals surface area contributed by atoms with Gasteiger partial charge in [0, 0.05) is 0 Å². The van der Waals surface area contributed by atoms with Crippen LogP contribution >= 0.6 is 0 Å². The number of hydrogen-bond acceptors (Lipinski definition) is 2. The molecular formula is C15H28O2. The number of unbranched alkanes of at least 4 members (excludes halogenated alkanes) is 1. The zero-order chi connectivity index (χ0) is 12.9. The molecule has 0 spiro atoms. The first-order valence-corrected chi connectivity index (χ1v) is 7.13. The molecule has 0 heterocycles. The Labute approximate surface area is 106 Å². The summed E-state index contributed by atoms with van der Waals surface area (Å²) in [6.07, 6.45) is 9.23. The van der Waals surface area contributed by atoms with Crippen LogP contribution in [0, 0.1) is 5.41 Å². The number of ether oxygens (including phenoxy) is 1. The summed E-state index contributed by atoms with van der Waals surface area (Å²) < 4.78 is 5.91. The second-order valence-corrected chi connectivity index (χ2v) is 6.49. The minimum absolute atomic E-state index is 0.0319. The third-order valence-electron chi connectivity index (χ3n) is 3.67. The van der Waals surface area contributed by atoms with Gasteiger partial charge in [0.2, 0.25) is 0 Å². The van der Waals surface area contributed by atoms with Gasteiger partial charge in [0.1, 0.15) is 5.60 Å². The van der Waals surface area contributed by atoms with E-state index in [1.165, 1.54) is 25.7 Å². The monoisotopic (exact) mass is 240 g/mol. The predicted molar refractivity (Wildman–Crippen MR) is 70.9 cm³/mol. The van der Waals surface area contributed by atoms with E-state index in [-0.39, 0.29) is 17.0 Å². The number of carbonyl (C=O) groups excluding carboxylic acids is 1. The van der Waals surface area contributed by atoms with Crippen LogP contribution in [0.3, 0.4) is 0 Å². The summed E-state index contributed by atoms with van der Waals surface area (Å²) in [5, 5.41) is 0. The number of esters is 1. The third kappa shape index (κ3) is 4.33. The zero-order valence-corrected chi connectivity index (χ0v) is 12.0. The molecule has 1 aliphatic carbocycles. The molecule has 1 rings (SSSR count). The van der Waals surface area contributed by atoms with E-state index in [2.05, 4.69) is 6.92 Å². The predicted octanol–water partition coefficient (Wildman–Crippen LogP) is 4.47. The fourth-order valence-electron chi connectivity index (χ4n) is 2.45. The van der Waals surface area contributed by atoms with Crippen LogP contribution in [0.25, 0.3) is 0 Å². The molecule has 0 radical (unpaired) electrons. The van der Waals surface area contributed by atoms with Crippen molar-refractivity contribution in [3.05, 3.63) is 0 Å². The molecule has 0 saturated heterocycles. The van der Waals surface area contributed by atoms with Crippen molar-refractivity contribution in [1.29, 1.82) is 0 Å². The first kappa shape index (κ1) is 14.5. The topological polar surface area (TPSA) is 26.3 Å². The van der Waals surface area contributed by atoms with E-state index in [1.807, 2.05) is 20.8 Å². The number of hydrogen-bond donors (Lipinski definition) is 0. The van der Waals surface area contributed by atoms with E-state index >= 15 is 0 Å². The second-order valence-electron chi connectivity index (χ2n) is 6.49. The summed E-state index contributed by atoms with van der Waals surface area (Å²) in [5.41, 5.74) is -0.519. The third-order valence-corrected chi connectivity index (χ3v) is 3.67. The highest BCUT2D eigenvalue weighted by molar-refractivity contribution is 5.75. The van der Waals surface area contributed by atoms with E-state index in [0.29, 0.717) is 0 Å². The zero-order valence-electron chi connectivity index (χ0n) is 12.0. The van der Waals surface area contributed by atoms with Gasteiger partial charge < -0.3 is 4.74 Å². The minimum Gasteiger partial charge on any atom is -0.459 e. The molecule has 0 aromatic rings. The van der Waals surface area contributed by atoms with Crippen molar-refractivity contribution in [3.63, 3.8) is 0 Å². The maximum atomic E-state index is 12.1. The Morgan fingerprint density at radius 2 is 1.76 bits per heavy atom. The highest BCUT2D eigenvalue weighted by Gasteiger charge is 2.38. The van der Waals surface area contributed by atoms with Crippen molar-refractivity contribution in [2.45, 2.75) is 84.7 Å². The summed E-state index contributed by atoms with van der Waals surface area (Å²) in [5.74, 6) is -0.0319. The first-order chi connectivity index (χ1) is 7.90. The van der Waals surface area contributed by atoms with Crippen LogP contribution in [-0.2, 0) is 9.53 Å². The van der Waals surface area contributed by atoms with Gasteiger partial charge in [-0.1, -0.05) is 19.8 Å². The first-order valence-electron chi connectivity index (χ1n) is 7.13. The molecule has 0 amide bonds. The van der Waals surface area contributed by atoms with Crippen molar-refractivity contribution in [1.82, 2.24) is 0 Å². The minimum atomic E-state index is -0.378. The second kappa shape index (κ2) is 5.88. The lowest BCUT2D eigenvalue weighted by Gasteiger charge is -2.38. The average Bonchev–Trinajstić information content (AvgIpc) is 2.26. The van der Waals surface area contributed by atoms with Crippen LogP contribution in [0.1, 0.15) is 79.1 Å². The van der Waals surface area contributed by atoms with Crippen molar-refractivity contribution in [3.8, 4) is 0 Å². The van der Waals surface area contributed by atoms with Crippen molar-refractivity contribution in [2.24, 2.45) is 5.41 Å². The van der Waals surface area contributed by atoms with Gasteiger partial charge >= 0.3 is 5.97 Å². The van der Waals surface area contributed by atoms with Gasteiger partial charge in [-0.3, -0.25) is 4.79 Å². The highest BCUT2D eigenvalue weighted by Crippen LogP contribution is 2.37. The molecule has 0 bridgehead atoms. The standard InChI is InChI=1S/C15H28O2/c1-5-6-10-15(11-8-7-9-12-15)17-13(16)14(2,3)4/h5-12H2,1-4H3. The molecule has 1 aliphatic rings. The van der Waals surface area contributed by atoms with E-state index < -0.39 is 0 Å². The van der Waals surface area contributed by atoms with Crippen LogP contribution in [0.4, 0.5) is 0 Å². The van der Waals surface area contributed by atoms with Crippen LogP contribution in [0.2, 0.25) is 0 Å². The summed E-state index contributed by atoms with van der Waals surface area (Å²) in [7, 11) is 0. The Morgan fingerprint density at radius 3 is 2.24 bits per heavy atom. The van der Waals surface area contributed by atoms with Crippen molar-refractivity contribution in [2.75, 3.05) is 0 Å². The van der Waals surface area contributed by atoms with E-state index in [0.717, 1.165) is 25.7 Å². The quantitative estimate of drug-likeness (QED) is 0.678. The number of carbonyl (C=O) groups is 1. The lowest BCUT2D eigenvalue weighted by molar-refractivity contribution is -0.174. The molecular weight excluding hydrogens is 212 g/mol. The van der Waals surface area contributed by atoms with Gasteiger partial charge in [0.05, 0.1) is 5.41 Å². The van der Waals surface area contributed by atoms with Gasteiger partial charge in [-0.15, -0.1) is 0 Å². The van der Waals surface area contributed by atoms with Crippen LogP contribution in [0.15, 0.2) is 0 Å². The Morgan fingerprint density at radius 1 is 1.18 bits per heavy atom. The van der Waals surface area contributed by atoms with E-state index in [9.17, 15) is 4.79 Å². The maximum Gasteiger partial charge on any atom is 0.311 e. The summed E-state index contributed by atoms with van der Waals surface area (Å²) in [4.78, 5) is 12.1. The summed E-state index contributed by atoms with van der Waals surface area (Å²) >= 11 is 0. The molecule has 0 unspecified atom stereocenters. The molecule has 2 nitrogen and oxygen atoms in total. The summed E-state index contributed by atoms with van der Waals surface area (Å²) in [6.45, 7) is 8.01. The van der Waals surface area contributed by atoms with Crippen molar-refractivity contribution < 1.29 is 9.53 Å². The fraction of sp³-hybridized carbons (Fsp3) is 0.933. The maximum absolute atomic E-state index is 12.1. The van der Waals surface area contributed by atoms with Crippen molar-refractivity contribution >= 4 is 5.97 Å². The van der Waals surface area contributed by atoms with Crippen LogP contribution in [0.5, 0.6) is 0 Å². The molecule has 1 fully saturated rings. The molecule has 0 aliphatic heterocycles. The van der Waals surface area contributed by atoms with Crippen LogP contribution < -0.4 is 0 Å². The normalized spacial score (nSPS) is 20.0. The Balaban J connectivity index is 2.66. The smallest absolute Gasteiger partial charge is 0.311 e. The molecule has 0 atom stereocenters. The fourth-order valence-corrected chi connectivity index (χ4v) is 2.45. The van der Waals surface area contributed by atoms with Crippen LogP contribution in [-0.4, -0.2) is 11.6 Å². The van der Waals surface area contributed by atoms with E-state index in [4.69, 9.17) is 4.74 Å².